The number of nitrogens with one attached hydrogen (secondary N) is 2. The molecule has 3 amide bonds. The van der Waals surface area contributed by atoms with Gasteiger partial charge in [-0.05, 0) is 24.8 Å². The van der Waals surface area contributed by atoms with Crippen LogP contribution in [0.1, 0.15) is 58.9 Å². The maximum Gasteiger partial charge on any atom is 0.339 e. The van der Waals surface area contributed by atoms with Crippen molar-refractivity contribution in [3.8, 4) is 0 Å². The molecule has 1 aliphatic carbocycles. The Morgan fingerprint density at radius 3 is 2.26 bits per heavy atom. The van der Waals surface area contributed by atoms with E-state index in [2.05, 4.69) is 17.6 Å². The smallest absolute Gasteiger partial charge is 0.339 e. The Bertz CT molecular complexity index is 957. The van der Waals surface area contributed by atoms with Gasteiger partial charge in [0.1, 0.15) is 0 Å². The minimum Gasteiger partial charge on any atom is -0.452 e. The summed E-state index contributed by atoms with van der Waals surface area (Å²) in [5.74, 6) is -1.51. The molecular weight excluding hydrogens is 396 g/mol. The molecule has 7 nitrogen and oxygen atoms in total. The zero-order valence-corrected chi connectivity index (χ0v) is 17.4. The van der Waals surface area contributed by atoms with Gasteiger partial charge in [0.2, 0.25) is 0 Å². The van der Waals surface area contributed by atoms with Crippen molar-refractivity contribution in [2.45, 2.75) is 38.6 Å². The number of esters is 1. The van der Waals surface area contributed by atoms with Gasteiger partial charge in [-0.3, -0.25) is 14.9 Å². The highest BCUT2D eigenvalue weighted by atomic mass is 16.5. The van der Waals surface area contributed by atoms with Crippen LogP contribution >= 0.6 is 0 Å². The molecule has 0 saturated heterocycles. The molecular formula is C24H26N2O5. The average Bonchev–Trinajstić information content (AvgIpc) is 2.79. The first-order chi connectivity index (χ1) is 15.0. The molecule has 2 aromatic carbocycles. The molecule has 0 heterocycles. The lowest BCUT2D eigenvalue weighted by molar-refractivity contribution is -0.123. The Morgan fingerprint density at radius 1 is 0.903 bits per heavy atom. The van der Waals surface area contributed by atoms with E-state index >= 15 is 0 Å². The van der Waals surface area contributed by atoms with Crippen LogP contribution in [-0.4, -0.2) is 36.3 Å². The van der Waals surface area contributed by atoms with Gasteiger partial charge in [-0.1, -0.05) is 68.3 Å². The Kier molecular flexibility index (Phi) is 7.54. The van der Waals surface area contributed by atoms with Crippen LogP contribution in [0.3, 0.4) is 0 Å². The molecule has 1 aliphatic rings. The molecule has 0 bridgehead atoms. The minimum absolute atomic E-state index is 0.0278. The molecule has 3 rings (SSSR count). The van der Waals surface area contributed by atoms with E-state index < -0.39 is 24.5 Å². The number of imide groups is 1. The Labute approximate surface area is 181 Å². The summed E-state index contributed by atoms with van der Waals surface area (Å²) in [6, 6.07) is 14.3. The number of carbonyl (C=O) groups excluding carboxylic acids is 4. The van der Waals surface area contributed by atoms with Crippen molar-refractivity contribution in [3.05, 3.63) is 71.3 Å². The Morgan fingerprint density at radius 2 is 1.55 bits per heavy atom. The fourth-order valence-electron chi connectivity index (χ4n) is 3.71. The molecule has 2 N–H and O–H groups in total. The van der Waals surface area contributed by atoms with Gasteiger partial charge in [0, 0.05) is 17.2 Å². The predicted octanol–water partition coefficient (Wildman–Crippen LogP) is 3.48. The summed E-state index contributed by atoms with van der Waals surface area (Å²) in [4.78, 5) is 49.3. The number of benzene rings is 2. The highest BCUT2D eigenvalue weighted by molar-refractivity contribution is 6.14. The van der Waals surface area contributed by atoms with Crippen LogP contribution in [0, 0.1) is 5.92 Å². The molecule has 1 saturated carbocycles. The monoisotopic (exact) mass is 422 g/mol. The van der Waals surface area contributed by atoms with Gasteiger partial charge >= 0.3 is 12.0 Å². The first-order valence-corrected chi connectivity index (χ1v) is 10.4. The molecule has 0 unspecified atom stereocenters. The quantitative estimate of drug-likeness (QED) is 0.548. The summed E-state index contributed by atoms with van der Waals surface area (Å²) < 4.78 is 5.05. The lowest BCUT2D eigenvalue weighted by Gasteiger charge is -2.29. The van der Waals surface area contributed by atoms with Crippen molar-refractivity contribution in [1.82, 2.24) is 10.6 Å². The number of hydrogen-bond donors (Lipinski definition) is 2. The van der Waals surface area contributed by atoms with Gasteiger partial charge < -0.3 is 10.1 Å². The second-order valence-corrected chi connectivity index (χ2v) is 7.71. The van der Waals surface area contributed by atoms with E-state index in [0.717, 1.165) is 25.7 Å². The largest absolute Gasteiger partial charge is 0.452 e. The second kappa shape index (κ2) is 10.5. The lowest BCUT2D eigenvalue weighted by Crippen LogP contribution is -2.48. The van der Waals surface area contributed by atoms with Gasteiger partial charge in [-0.25, -0.2) is 9.59 Å². The number of urea groups is 1. The van der Waals surface area contributed by atoms with Crippen molar-refractivity contribution in [3.63, 3.8) is 0 Å². The maximum absolute atomic E-state index is 12.7. The summed E-state index contributed by atoms with van der Waals surface area (Å²) in [5.41, 5.74) is 0.682. The molecule has 162 valence electrons. The van der Waals surface area contributed by atoms with E-state index in [1.54, 1.807) is 42.5 Å². The van der Waals surface area contributed by atoms with Crippen LogP contribution in [0.25, 0.3) is 0 Å². The fourth-order valence-corrected chi connectivity index (χ4v) is 3.71. The number of ketones is 1. The first-order valence-electron chi connectivity index (χ1n) is 10.4. The average molecular weight is 422 g/mol. The molecule has 7 heteroatoms. The fraction of sp³-hybridized carbons (Fsp3) is 0.333. The number of hydrogen-bond acceptors (Lipinski definition) is 5. The van der Waals surface area contributed by atoms with Crippen LogP contribution in [0.5, 0.6) is 0 Å². The third kappa shape index (κ3) is 6.01. The van der Waals surface area contributed by atoms with Crippen LogP contribution in [0.15, 0.2) is 54.6 Å². The van der Waals surface area contributed by atoms with Crippen LogP contribution < -0.4 is 10.6 Å². The molecule has 0 aliphatic heterocycles. The highest BCUT2D eigenvalue weighted by Gasteiger charge is 2.24. The zero-order chi connectivity index (χ0) is 22.2. The topological polar surface area (TPSA) is 102 Å². The SMILES string of the molecule is C[C@@H]1CCCC[C@@H]1NC(=O)NC(=O)COC(=O)c1ccccc1C(=O)c1ccccc1. The predicted molar refractivity (Wildman–Crippen MR) is 115 cm³/mol. The van der Waals surface area contributed by atoms with Crippen LogP contribution in [0.2, 0.25) is 0 Å². The second-order valence-electron chi connectivity index (χ2n) is 7.71. The number of carbonyl (C=O) groups is 4. The molecule has 2 atom stereocenters. The molecule has 0 radical (unpaired) electrons. The highest BCUT2D eigenvalue weighted by Crippen LogP contribution is 2.23. The molecule has 31 heavy (non-hydrogen) atoms. The van der Waals surface area contributed by atoms with E-state index in [4.69, 9.17) is 4.74 Å². The first kappa shape index (κ1) is 22.2. The number of ether oxygens (including phenoxy) is 1. The van der Waals surface area contributed by atoms with Crippen molar-refractivity contribution in [1.29, 1.82) is 0 Å². The maximum atomic E-state index is 12.7. The number of rotatable bonds is 6. The van der Waals surface area contributed by atoms with Crippen molar-refractivity contribution < 1.29 is 23.9 Å². The van der Waals surface area contributed by atoms with Crippen molar-refractivity contribution >= 4 is 23.7 Å². The summed E-state index contributed by atoms with van der Waals surface area (Å²) in [6.45, 7) is 1.45. The van der Waals surface area contributed by atoms with E-state index in [1.165, 1.54) is 12.1 Å². The summed E-state index contributed by atoms with van der Waals surface area (Å²) in [6.07, 6.45) is 4.10. The van der Waals surface area contributed by atoms with E-state index in [9.17, 15) is 19.2 Å². The lowest BCUT2D eigenvalue weighted by atomic mass is 9.86. The minimum atomic E-state index is -0.809. The standard InChI is InChI=1S/C24H26N2O5/c1-16-9-5-8-14-20(16)25-24(30)26-21(27)15-31-23(29)19-13-7-6-12-18(19)22(28)17-10-3-2-4-11-17/h2-4,6-7,10-13,16,20H,5,8-9,14-15H2,1H3,(H2,25,26,27,30)/t16-,20+/m1/s1. The van der Waals surface area contributed by atoms with Crippen molar-refractivity contribution in [2.24, 2.45) is 5.92 Å². The zero-order valence-electron chi connectivity index (χ0n) is 17.4. The summed E-state index contributed by atoms with van der Waals surface area (Å²) in [5, 5.41) is 4.99. The number of amides is 3. The van der Waals surface area contributed by atoms with Gasteiger partial charge in [-0.2, -0.15) is 0 Å². The molecule has 2 aromatic rings. The van der Waals surface area contributed by atoms with E-state index in [-0.39, 0.29) is 23.0 Å². The molecule has 1 fully saturated rings. The summed E-state index contributed by atoms with van der Waals surface area (Å²) in [7, 11) is 0. The molecule has 0 aromatic heterocycles. The molecule has 0 spiro atoms. The van der Waals surface area contributed by atoms with Gasteiger partial charge in [0.25, 0.3) is 5.91 Å². The Hall–Kier alpha value is -3.48. The van der Waals surface area contributed by atoms with Gasteiger partial charge in [0.15, 0.2) is 12.4 Å². The normalized spacial score (nSPS) is 18.0. The van der Waals surface area contributed by atoms with Gasteiger partial charge in [-0.15, -0.1) is 0 Å². The Balaban J connectivity index is 1.55. The van der Waals surface area contributed by atoms with Crippen LogP contribution in [0.4, 0.5) is 4.79 Å². The third-order valence-corrected chi connectivity index (χ3v) is 5.44. The van der Waals surface area contributed by atoms with Gasteiger partial charge in [0.05, 0.1) is 5.56 Å². The van der Waals surface area contributed by atoms with E-state index in [0.29, 0.717) is 11.5 Å². The third-order valence-electron chi connectivity index (χ3n) is 5.44. The van der Waals surface area contributed by atoms with Crippen molar-refractivity contribution in [2.75, 3.05) is 6.61 Å². The summed E-state index contributed by atoms with van der Waals surface area (Å²) >= 11 is 0. The van der Waals surface area contributed by atoms with E-state index in [1.807, 2.05) is 0 Å². The van der Waals surface area contributed by atoms with Crippen LogP contribution in [-0.2, 0) is 9.53 Å².